The van der Waals surface area contributed by atoms with Crippen molar-refractivity contribution in [1.82, 2.24) is 0 Å². The Kier molecular flexibility index (Phi) is 5.77. The summed E-state index contributed by atoms with van der Waals surface area (Å²) in [6, 6.07) is 4.23. The van der Waals surface area contributed by atoms with E-state index in [2.05, 4.69) is 4.52 Å². The van der Waals surface area contributed by atoms with E-state index < -0.39 is 43.0 Å². The molecule has 0 amide bonds. The standard InChI is InChI=1S/C16H17F2O7PS/c1-15(2,3)25-13(19)8-24-26(22,23)16(17,18)10-4-5-11-9(6-10)7-12(27-11)14(20)21/h4-7H,8H2,1-3H3,(H,20,21)(H,22,23). The minimum Gasteiger partial charge on any atom is -0.477 e. The maximum atomic E-state index is 14.5. The van der Waals surface area contributed by atoms with Crippen LogP contribution in [0, 0.1) is 0 Å². The monoisotopic (exact) mass is 422 g/mol. The number of aromatic carboxylic acids is 1. The van der Waals surface area contributed by atoms with E-state index in [-0.39, 0.29) is 10.3 Å². The molecule has 27 heavy (non-hydrogen) atoms. The molecule has 11 heteroatoms. The Bertz CT molecular complexity index is 932. The quantitative estimate of drug-likeness (QED) is 0.530. The number of benzene rings is 1. The Morgan fingerprint density at radius 2 is 1.85 bits per heavy atom. The maximum absolute atomic E-state index is 14.5. The number of halogens is 2. The molecular weight excluding hydrogens is 405 g/mol. The van der Waals surface area contributed by atoms with Gasteiger partial charge < -0.3 is 14.7 Å². The van der Waals surface area contributed by atoms with Crippen molar-refractivity contribution in [2.24, 2.45) is 0 Å². The third-order valence-corrected chi connectivity index (χ3v) is 5.76. The molecule has 0 aliphatic heterocycles. The lowest BCUT2D eigenvalue weighted by Crippen LogP contribution is -2.27. The topological polar surface area (TPSA) is 110 Å². The van der Waals surface area contributed by atoms with E-state index in [1.807, 2.05) is 0 Å². The Labute approximate surface area is 157 Å². The van der Waals surface area contributed by atoms with Crippen LogP contribution in [0.25, 0.3) is 10.1 Å². The fourth-order valence-corrected chi connectivity index (χ4v) is 3.88. The molecule has 0 aliphatic rings. The highest BCUT2D eigenvalue weighted by atomic mass is 32.1. The van der Waals surface area contributed by atoms with Crippen LogP contribution in [0.2, 0.25) is 0 Å². The highest BCUT2D eigenvalue weighted by molar-refractivity contribution is 7.53. The first-order valence-electron chi connectivity index (χ1n) is 7.57. The summed E-state index contributed by atoms with van der Waals surface area (Å²) in [6.07, 6.45) is 0. The van der Waals surface area contributed by atoms with Crippen molar-refractivity contribution >= 4 is 41.0 Å². The third-order valence-electron chi connectivity index (χ3n) is 3.21. The van der Waals surface area contributed by atoms with Crippen molar-refractivity contribution in [3.63, 3.8) is 0 Å². The lowest BCUT2D eigenvalue weighted by molar-refractivity contribution is -0.157. The molecule has 1 atom stereocenters. The number of hydrogen-bond donors (Lipinski definition) is 2. The van der Waals surface area contributed by atoms with Gasteiger partial charge in [-0.1, -0.05) is 6.07 Å². The Morgan fingerprint density at radius 3 is 2.41 bits per heavy atom. The number of thiophene rings is 1. The SMILES string of the molecule is CC(C)(C)OC(=O)COP(=O)(O)C(F)(F)c1ccc2sc(C(=O)O)cc2c1. The van der Waals surface area contributed by atoms with E-state index in [1.165, 1.54) is 12.1 Å². The molecule has 2 N–H and O–H groups in total. The van der Waals surface area contributed by atoms with Crippen LogP contribution in [0.3, 0.4) is 0 Å². The van der Waals surface area contributed by atoms with Gasteiger partial charge in [-0.15, -0.1) is 11.3 Å². The average molecular weight is 422 g/mol. The second-order valence-corrected chi connectivity index (χ2v) is 9.53. The molecule has 2 rings (SSSR count). The van der Waals surface area contributed by atoms with Gasteiger partial charge in [0.15, 0.2) is 6.61 Å². The molecule has 0 fully saturated rings. The first-order valence-corrected chi connectivity index (χ1v) is 9.97. The molecule has 1 heterocycles. The normalized spacial score (nSPS) is 14.7. The van der Waals surface area contributed by atoms with Gasteiger partial charge in [-0.25, -0.2) is 9.59 Å². The number of carboxylic acid groups (broad SMARTS) is 1. The molecule has 1 unspecified atom stereocenters. The number of ether oxygens (including phenoxy) is 1. The summed E-state index contributed by atoms with van der Waals surface area (Å²) in [7, 11) is -5.57. The van der Waals surface area contributed by atoms with Gasteiger partial charge >= 0.3 is 25.2 Å². The Balaban J connectivity index is 2.24. The van der Waals surface area contributed by atoms with Crippen LogP contribution >= 0.6 is 18.9 Å². The molecule has 0 bridgehead atoms. The third kappa shape index (κ3) is 4.90. The highest BCUT2D eigenvalue weighted by Gasteiger charge is 2.53. The largest absolute Gasteiger partial charge is 0.477 e. The zero-order chi connectivity index (χ0) is 20.6. The van der Waals surface area contributed by atoms with Gasteiger partial charge in [-0.2, -0.15) is 8.78 Å². The fourth-order valence-electron chi connectivity index (χ4n) is 2.09. The van der Waals surface area contributed by atoms with Crippen LogP contribution in [0.1, 0.15) is 36.0 Å². The molecule has 0 radical (unpaired) electrons. The van der Waals surface area contributed by atoms with Crippen LogP contribution in [0.4, 0.5) is 8.78 Å². The fraction of sp³-hybridized carbons (Fsp3) is 0.375. The van der Waals surface area contributed by atoms with E-state index in [1.54, 1.807) is 20.8 Å². The number of hydrogen-bond acceptors (Lipinski definition) is 6. The van der Waals surface area contributed by atoms with E-state index in [0.29, 0.717) is 4.70 Å². The summed E-state index contributed by atoms with van der Waals surface area (Å²) < 4.78 is 50.6. The van der Waals surface area contributed by atoms with Crippen LogP contribution < -0.4 is 0 Å². The molecule has 7 nitrogen and oxygen atoms in total. The number of carboxylic acids is 1. The van der Waals surface area contributed by atoms with Gasteiger partial charge in [0.05, 0.1) is 0 Å². The summed E-state index contributed by atoms with van der Waals surface area (Å²) in [5.74, 6) is -2.27. The lowest BCUT2D eigenvalue weighted by Gasteiger charge is -2.23. The highest BCUT2D eigenvalue weighted by Crippen LogP contribution is 2.63. The van der Waals surface area contributed by atoms with Gasteiger partial charge in [-0.3, -0.25) is 9.09 Å². The van der Waals surface area contributed by atoms with Gasteiger partial charge in [0.2, 0.25) is 0 Å². The smallest absolute Gasteiger partial charge is 0.402 e. The van der Waals surface area contributed by atoms with Crippen molar-refractivity contribution in [3.8, 4) is 0 Å². The second-order valence-electron chi connectivity index (χ2n) is 6.59. The number of carbonyl (C=O) groups is 2. The van der Waals surface area contributed by atoms with Crippen LogP contribution in [-0.2, 0) is 24.3 Å². The van der Waals surface area contributed by atoms with Gasteiger partial charge in [0.25, 0.3) is 0 Å². The summed E-state index contributed by atoms with van der Waals surface area (Å²) in [4.78, 5) is 32.1. The van der Waals surface area contributed by atoms with Crippen molar-refractivity contribution in [3.05, 3.63) is 34.7 Å². The molecule has 148 valence electrons. The van der Waals surface area contributed by atoms with Crippen LogP contribution in [0.5, 0.6) is 0 Å². The van der Waals surface area contributed by atoms with Crippen molar-refractivity contribution in [2.75, 3.05) is 6.61 Å². The van der Waals surface area contributed by atoms with E-state index in [4.69, 9.17) is 9.84 Å². The van der Waals surface area contributed by atoms with Crippen molar-refractivity contribution in [1.29, 1.82) is 0 Å². The van der Waals surface area contributed by atoms with Crippen molar-refractivity contribution in [2.45, 2.75) is 32.0 Å². The summed E-state index contributed by atoms with van der Waals surface area (Å²) in [5, 5.41) is 9.14. The molecule has 1 aromatic carbocycles. The first-order chi connectivity index (χ1) is 12.2. The van der Waals surface area contributed by atoms with Crippen LogP contribution in [0.15, 0.2) is 24.3 Å². The zero-order valence-electron chi connectivity index (χ0n) is 14.6. The Hall–Kier alpha value is -1.87. The first kappa shape index (κ1) is 21.4. The number of esters is 1. The molecule has 0 spiro atoms. The molecule has 2 aromatic rings. The van der Waals surface area contributed by atoms with Gasteiger partial charge in [-0.05, 0) is 44.4 Å². The second kappa shape index (κ2) is 7.27. The van der Waals surface area contributed by atoms with Gasteiger partial charge in [0, 0.05) is 10.3 Å². The van der Waals surface area contributed by atoms with Crippen molar-refractivity contribution < 1.29 is 42.2 Å². The molecule has 1 aromatic heterocycles. The van der Waals surface area contributed by atoms with Gasteiger partial charge in [0.1, 0.15) is 10.5 Å². The lowest BCUT2D eigenvalue weighted by atomic mass is 10.1. The molecular formula is C16H17F2O7PS. The van der Waals surface area contributed by atoms with E-state index in [9.17, 15) is 27.8 Å². The minimum atomic E-state index is -5.57. The van der Waals surface area contributed by atoms with E-state index >= 15 is 0 Å². The molecule has 0 saturated carbocycles. The molecule has 0 saturated heterocycles. The number of alkyl halides is 2. The average Bonchev–Trinajstić information content (AvgIpc) is 2.94. The number of fused-ring (bicyclic) bond motifs is 1. The molecule has 0 aliphatic carbocycles. The number of rotatable bonds is 6. The van der Waals surface area contributed by atoms with E-state index in [0.717, 1.165) is 23.5 Å². The predicted octanol–water partition coefficient (Wildman–Crippen LogP) is 4.19. The summed E-state index contributed by atoms with van der Waals surface area (Å²) in [6.45, 7) is 3.50. The predicted molar refractivity (Wildman–Crippen MR) is 94.3 cm³/mol. The van der Waals surface area contributed by atoms with Crippen LogP contribution in [-0.4, -0.2) is 34.1 Å². The Morgan fingerprint density at radius 1 is 1.22 bits per heavy atom. The number of carbonyl (C=O) groups excluding carboxylic acids is 1. The maximum Gasteiger partial charge on any atom is 0.402 e. The zero-order valence-corrected chi connectivity index (χ0v) is 16.3. The minimum absolute atomic E-state index is 0.0566. The summed E-state index contributed by atoms with van der Waals surface area (Å²) >= 11 is 0.883. The summed E-state index contributed by atoms with van der Waals surface area (Å²) in [5.41, 5.74) is -6.05.